The number of aliphatic imine (C=N–C) groups is 1. The van der Waals surface area contributed by atoms with Gasteiger partial charge < -0.3 is 10.2 Å². The molecule has 7 heteroatoms. The Balaban J connectivity index is 1.63. The van der Waals surface area contributed by atoms with Crippen molar-refractivity contribution in [3.63, 3.8) is 0 Å². The van der Waals surface area contributed by atoms with E-state index >= 15 is 0 Å². The lowest BCUT2D eigenvalue weighted by atomic mass is 10.1. The van der Waals surface area contributed by atoms with Crippen molar-refractivity contribution < 1.29 is 10.2 Å². The zero-order valence-corrected chi connectivity index (χ0v) is 19.6. The van der Waals surface area contributed by atoms with Gasteiger partial charge in [0.05, 0.1) is 20.4 Å². The highest BCUT2D eigenvalue weighted by Crippen LogP contribution is 2.43. The second-order valence-corrected chi connectivity index (χ2v) is 9.28. The van der Waals surface area contributed by atoms with Gasteiger partial charge in [0.25, 0.3) is 0 Å². The highest BCUT2D eigenvalue weighted by Gasteiger charge is 2.17. The fourth-order valence-electron chi connectivity index (χ4n) is 2.95. The molecule has 0 atom stereocenters. The van der Waals surface area contributed by atoms with Gasteiger partial charge in [0.2, 0.25) is 0 Å². The molecule has 0 fully saturated rings. The van der Waals surface area contributed by atoms with Crippen LogP contribution in [0, 0.1) is 13.8 Å². The molecule has 0 aliphatic carbocycles. The smallest absolute Gasteiger partial charge is 0.148 e. The van der Waals surface area contributed by atoms with Gasteiger partial charge in [-0.25, -0.2) is 4.98 Å². The highest BCUT2D eigenvalue weighted by atomic mass is 79.9. The Morgan fingerprint density at radius 2 is 1.69 bits per heavy atom. The average molecular weight is 532 g/mol. The summed E-state index contributed by atoms with van der Waals surface area (Å²) in [4.78, 5) is 9.20. The van der Waals surface area contributed by atoms with E-state index in [2.05, 4.69) is 62.0 Å². The maximum Gasteiger partial charge on any atom is 0.148 e. The molecule has 3 aromatic carbocycles. The molecule has 4 rings (SSSR count). The van der Waals surface area contributed by atoms with Crippen molar-refractivity contribution in [1.82, 2.24) is 4.98 Å². The van der Waals surface area contributed by atoms with Crippen LogP contribution < -0.4 is 0 Å². The summed E-state index contributed by atoms with van der Waals surface area (Å²) in [5.74, 6) is -0.0825. The van der Waals surface area contributed by atoms with Crippen LogP contribution in [0.2, 0.25) is 0 Å². The minimum atomic E-state index is -0.0478. The monoisotopic (exact) mass is 530 g/mol. The molecule has 29 heavy (non-hydrogen) atoms. The number of fused-ring (bicyclic) bond motifs is 1. The van der Waals surface area contributed by atoms with Crippen molar-refractivity contribution in [2.75, 3.05) is 0 Å². The molecule has 0 saturated heterocycles. The summed E-state index contributed by atoms with van der Waals surface area (Å²) in [5, 5.41) is 21.3. The van der Waals surface area contributed by atoms with E-state index in [0.29, 0.717) is 15.6 Å². The van der Waals surface area contributed by atoms with Crippen molar-refractivity contribution in [2.24, 2.45) is 4.99 Å². The molecule has 4 nitrogen and oxygen atoms in total. The van der Waals surface area contributed by atoms with Gasteiger partial charge >= 0.3 is 0 Å². The number of nitrogens with zero attached hydrogens (tertiary/aromatic N) is 2. The van der Waals surface area contributed by atoms with Gasteiger partial charge in [-0.1, -0.05) is 6.07 Å². The number of aryl methyl sites for hydroxylation is 1. The summed E-state index contributed by atoms with van der Waals surface area (Å²) in [5.41, 5.74) is 5.24. The van der Waals surface area contributed by atoms with Crippen molar-refractivity contribution >= 4 is 65.3 Å². The Labute approximate surface area is 188 Å². The lowest BCUT2D eigenvalue weighted by Gasteiger charge is -2.11. The summed E-state index contributed by atoms with van der Waals surface area (Å²) in [6.07, 6.45) is 1.59. The lowest BCUT2D eigenvalue weighted by Crippen LogP contribution is -1.92. The Hall–Kier alpha value is -2.22. The van der Waals surface area contributed by atoms with Crippen molar-refractivity contribution in [2.45, 2.75) is 13.8 Å². The number of hydrogen-bond donors (Lipinski definition) is 2. The summed E-state index contributed by atoms with van der Waals surface area (Å²) in [7, 11) is 0. The molecule has 0 radical (unpaired) electrons. The molecule has 0 bridgehead atoms. The molecular formula is C22H16Br2N2O2S. The first-order valence-electron chi connectivity index (χ1n) is 8.76. The molecule has 0 unspecified atom stereocenters. The van der Waals surface area contributed by atoms with E-state index in [-0.39, 0.29) is 16.0 Å². The average Bonchev–Trinajstić information content (AvgIpc) is 3.14. The van der Waals surface area contributed by atoms with Gasteiger partial charge in [0.1, 0.15) is 21.0 Å². The van der Waals surface area contributed by atoms with Crippen LogP contribution in [0.3, 0.4) is 0 Å². The van der Waals surface area contributed by atoms with Crippen molar-refractivity contribution in [1.29, 1.82) is 0 Å². The number of benzene rings is 3. The molecule has 2 N–H and O–H groups in total. The van der Waals surface area contributed by atoms with Gasteiger partial charge in [0.15, 0.2) is 0 Å². The first-order valence-corrected chi connectivity index (χ1v) is 11.2. The molecule has 0 saturated carbocycles. The third kappa shape index (κ3) is 3.82. The Morgan fingerprint density at radius 1 is 0.966 bits per heavy atom. The first-order chi connectivity index (χ1) is 13.8. The van der Waals surface area contributed by atoms with Gasteiger partial charge in [-0.2, -0.15) is 0 Å². The zero-order chi connectivity index (χ0) is 20.7. The Kier molecular flexibility index (Phi) is 5.46. The van der Waals surface area contributed by atoms with Gasteiger partial charge in [-0.15, -0.1) is 11.3 Å². The van der Waals surface area contributed by atoms with Crippen LogP contribution in [-0.4, -0.2) is 21.4 Å². The van der Waals surface area contributed by atoms with E-state index in [1.54, 1.807) is 24.5 Å². The molecule has 4 aromatic rings. The minimum Gasteiger partial charge on any atom is -0.506 e. The summed E-state index contributed by atoms with van der Waals surface area (Å²) >= 11 is 8.20. The van der Waals surface area contributed by atoms with Crippen LogP contribution in [0.25, 0.3) is 20.8 Å². The van der Waals surface area contributed by atoms with E-state index in [9.17, 15) is 10.2 Å². The molecule has 146 valence electrons. The van der Waals surface area contributed by atoms with Crippen LogP contribution in [0.1, 0.15) is 16.7 Å². The first kappa shape index (κ1) is 20.1. The topological polar surface area (TPSA) is 65.7 Å². The highest BCUT2D eigenvalue weighted by molar-refractivity contribution is 9.11. The van der Waals surface area contributed by atoms with E-state index < -0.39 is 0 Å². The number of phenols is 2. The summed E-state index contributed by atoms with van der Waals surface area (Å²) in [6, 6.07) is 14.1. The second kappa shape index (κ2) is 7.89. The fraction of sp³-hybridized carbons (Fsp3) is 0.0909. The number of rotatable bonds is 3. The minimum absolute atomic E-state index is 0.0347. The molecule has 0 aliphatic heterocycles. The van der Waals surface area contributed by atoms with Gasteiger partial charge in [-0.3, -0.25) is 4.99 Å². The van der Waals surface area contributed by atoms with Crippen LogP contribution in [0.5, 0.6) is 11.5 Å². The van der Waals surface area contributed by atoms with Crippen LogP contribution >= 0.6 is 43.2 Å². The SMILES string of the molecule is Cc1ccc2sc(-c3ccc(N=Cc4c(C)c(Br)c(O)c(Br)c4O)cc3)nc2c1. The van der Waals surface area contributed by atoms with E-state index in [4.69, 9.17) is 4.98 Å². The number of halogens is 2. The molecule has 1 heterocycles. The largest absolute Gasteiger partial charge is 0.506 e. The van der Waals surface area contributed by atoms with E-state index in [0.717, 1.165) is 21.8 Å². The molecule has 0 aliphatic rings. The van der Waals surface area contributed by atoms with Gasteiger partial charge in [-0.05, 0) is 93.2 Å². The molecular weight excluding hydrogens is 516 g/mol. The van der Waals surface area contributed by atoms with Crippen LogP contribution in [0.4, 0.5) is 5.69 Å². The Bertz CT molecular complexity index is 1240. The van der Waals surface area contributed by atoms with E-state index in [1.165, 1.54) is 10.3 Å². The summed E-state index contributed by atoms with van der Waals surface area (Å²) in [6.45, 7) is 3.87. The summed E-state index contributed by atoms with van der Waals surface area (Å²) < 4.78 is 1.92. The standard InChI is InChI=1S/C22H16Br2N2O2S/c1-11-3-8-17-16(9-11)26-22(29-17)13-4-6-14(7-5-13)25-10-15-12(2)18(23)21(28)19(24)20(15)27/h3-10,27-28H,1-2H3. The predicted molar refractivity (Wildman–Crippen MR) is 127 cm³/mol. The van der Waals surface area contributed by atoms with E-state index in [1.807, 2.05) is 24.3 Å². The van der Waals surface area contributed by atoms with Crippen LogP contribution in [-0.2, 0) is 0 Å². The second-order valence-electron chi connectivity index (χ2n) is 6.66. The number of aromatic nitrogens is 1. The maximum atomic E-state index is 10.3. The number of aromatic hydroxyl groups is 2. The fourth-order valence-corrected chi connectivity index (χ4v) is 4.99. The Morgan fingerprint density at radius 3 is 2.41 bits per heavy atom. The maximum absolute atomic E-state index is 10.3. The predicted octanol–water partition coefficient (Wildman–Crippen LogP) is 7.27. The normalized spacial score (nSPS) is 11.6. The van der Waals surface area contributed by atoms with Crippen molar-refractivity contribution in [3.05, 3.63) is 68.1 Å². The molecule has 0 amide bonds. The number of phenolic OH excluding ortho intramolecular Hbond substituents is 2. The molecule has 0 spiro atoms. The van der Waals surface area contributed by atoms with Gasteiger partial charge in [0, 0.05) is 17.3 Å². The zero-order valence-electron chi connectivity index (χ0n) is 15.6. The van der Waals surface area contributed by atoms with Crippen molar-refractivity contribution in [3.8, 4) is 22.1 Å². The lowest BCUT2D eigenvalue weighted by molar-refractivity contribution is 0.441. The van der Waals surface area contributed by atoms with Crippen LogP contribution in [0.15, 0.2) is 56.4 Å². The third-order valence-corrected chi connectivity index (χ3v) is 7.42. The quantitative estimate of drug-likeness (QED) is 0.273. The number of hydrogen-bond acceptors (Lipinski definition) is 5. The molecule has 1 aromatic heterocycles. The number of thiazole rings is 1. The third-order valence-electron chi connectivity index (χ3n) is 4.61.